The Morgan fingerprint density at radius 2 is 1.48 bits per heavy atom. The van der Waals surface area contributed by atoms with Crippen LogP contribution in [-0.2, 0) is 9.59 Å². The first-order chi connectivity index (χ1) is 12.8. The summed E-state index contributed by atoms with van der Waals surface area (Å²) >= 11 is 5.82. The van der Waals surface area contributed by atoms with Crippen LogP contribution in [0.2, 0.25) is 5.02 Å². The van der Waals surface area contributed by atoms with Crippen molar-refractivity contribution < 1.29 is 14.4 Å². The molecule has 0 saturated carbocycles. The van der Waals surface area contributed by atoms with E-state index in [-0.39, 0.29) is 24.1 Å². The van der Waals surface area contributed by atoms with Gasteiger partial charge in [-0.05, 0) is 69.4 Å². The van der Waals surface area contributed by atoms with E-state index in [2.05, 4.69) is 10.6 Å². The topological polar surface area (TPSA) is 78.5 Å². The molecule has 0 aromatic heterocycles. The van der Waals surface area contributed by atoms with E-state index in [1.54, 1.807) is 67.4 Å². The van der Waals surface area contributed by atoms with Gasteiger partial charge in [0.2, 0.25) is 11.8 Å². The van der Waals surface area contributed by atoms with Crippen LogP contribution in [0.15, 0.2) is 48.5 Å². The predicted octanol–water partition coefficient (Wildman–Crippen LogP) is 3.44. The van der Waals surface area contributed by atoms with Crippen LogP contribution < -0.4 is 10.6 Å². The normalized spacial score (nSPS) is 11.7. The third-order valence-corrected chi connectivity index (χ3v) is 4.37. The van der Waals surface area contributed by atoms with Gasteiger partial charge in [-0.25, -0.2) is 0 Å². The number of Topliss-reactive ketones (excluding diaryl/α,β-unsaturated/α-hetero) is 1. The highest BCUT2D eigenvalue weighted by Gasteiger charge is 2.20. The van der Waals surface area contributed by atoms with E-state index in [1.165, 1.54) is 6.92 Å². The first-order valence-electron chi connectivity index (χ1n) is 8.44. The summed E-state index contributed by atoms with van der Waals surface area (Å²) in [6.45, 7) is 3.26. The van der Waals surface area contributed by atoms with Gasteiger partial charge in [-0.15, -0.1) is 0 Å². The quantitative estimate of drug-likeness (QED) is 0.713. The number of amides is 2. The maximum atomic E-state index is 12.4. The lowest BCUT2D eigenvalue weighted by molar-refractivity contribution is -0.122. The molecule has 27 heavy (non-hydrogen) atoms. The summed E-state index contributed by atoms with van der Waals surface area (Å²) in [5.41, 5.74) is 1.81. The number of benzene rings is 2. The summed E-state index contributed by atoms with van der Waals surface area (Å²) in [7, 11) is 1.70. The van der Waals surface area contributed by atoms with Crippen molar-refractivity contribution in [3.8, 4) is 0 Å². The fourth-order valence-electron chi connectivity index (χ4n) is 2.33. The lowest BCUT2D eigenvalue weighted by Crippen LogP contribution is -2.43. The molecule has 2 rings (SSSR count). The first-order valence-corrected chi connectivity index (χ1v) is 8.81. The Hall–Kier alpha value is -2.70. The van der Waals surface area contributed by atoms with Gasteiger partial charge in [0.1, 0.15) is 0 Å². The molecule has 0 aliphatic rings. The van der Waals surface area contributed by atoms with Crippen molar-refractivity contribution in [2.75, 3.05) is 24.2 Å². The molecule has 0 aliphatic carbocycles. The zero-order chi connectivity index (χ0) is 20.0. The average Bonchev–Trinajstić information content (AvgIpc) is 2.63. The summed E-state index contributed by atoms with van der Waals surface area (Å²) in [6.07, 6.45) is 0. The Labute approximate surface area is 163 Å². The van der Waals surface area contributed by atoms with Gasteiger partial charge in [0.05, 0.1) is 12.6 Å². The summed E-state index contributed by atoms with van der Waals surface area (Å²) in [5, 5.41) is 6.13. The van der Waals surface area contributed by atoms with Crippen LogP contribution in [0.4, 0.5) is 11.4 Å². The number of anilines is 2. The van der Waals surface area contributed by atoms with E-state index in [9.17, 15) is 14.4 Å². The first kappa shape index (κ1) is 20.6. The van der Waals surface area contributed by atoms with Crippen molar-refractivity contribution in [1.29, 1.82) is 0 Å². The van der Waals surface area contributed by atoms with Crippen molar-refractivity contribution in [2.24, 2.45) is 0 Å². The number of nitrogens with zero attached hydrogens (tertiary/aromatic N) is 1. The minimum absolute atomic E-state index is 0.0346. The molecule has 0 aliphatic heterocycles. The fraction of sp³-hybridized carbons (Fsp3) is 0.250. The molecule has 0 unspecified atom stereocenters. The van der Waals surface area contributed by atoms with Crippen LogP contribution in [-0.4, -0.2) is 42.1 Å². The van der Waals surface area contributed by atoms with E-state index in [4.69, 9.17) is 11.6 Å². The zero-order valence-electron chi connectivity index (χ0n) is 15.5. The van der Waals surface area contributed by atoms with E-state index < -0.39 is 6.04 Å². The summed E-state index contributed by atoms with van der Waals surface area (Å²) in [4.78, 5) is 37.5. The molecular weight excluding hydrogens is 366 g/mol. The van der Waals surface area contributed by atoms with Gasteiger partial charge in [-0.3, -0.25) is 19.3 Å². The van der Waals surface area contributed by atoms with Crippen molar-refractivity contribution in [2.45, 2.75) is 19.9 Å². The SMILES string of the molecule is CC(=O)c1ccc(NC(=O)[C@H](C)N(C)CC(=O)Nc2ccc(Cl)cc2)cc1. The van der Waals surface area contributed by atoms with Gasteiger partial charge in [0.25, 0.3) is 0 Å². The Morgan fingerprint density at radius 1 is 0.963 bits per heavy atom. The molecule has 0 fully saturated rings. The van der Waals surface area contributed by atoms with E-state index in [0.717, 1.165) is 0 Å². The molecule has 2 N–H and O–H groups in total. The second kappa shape index (κ2) is 9.30. The number of rotatable bonds is 7. The van der Waals surface area contributed by atoms with Crippen LogP contribution in [0, 0.1) is 0 Å². The van der Waals surface area contributed by atoms with Gasteiger partial charge in [0, 0.05) is 22.0 Å². The molecular formula is C20H22ClN3O3. The van der Waals surface area contributed by atoms with Crippen molar-refractivity contribution in [1.82, 2.24) is 4.90 Å². The van der Waals surface area contributed by atoms with Gasteiger partial charge >= 0.3 is 0 Å². The zero-order valence-corrected chi connectivity index (χ0v) is 16.2. The summed E-state index contributed by atoms with van der Waals surface area (Å²) in [5.74, 6) is -0.509. The third kappa shape index (κ3) is 6.20. The molecule has 0 spiro atoms. The van der Waals surface area contributed by atoms with Crippen LogP contribution >= 0.6 is 11.6 Å². The highest BCUT2D eigenvalue weighted by Crippen LogP contribution is 2.14. The Bertz CT molecular complexity index is 819. The maximum absolute atomic E-state index is 12.4. The number of halogens is 1. The van der Waals surface area contributed by atoms with E-state index in [0.29, 0.717) is 22.0 Å². The molecule has 1 atom stereocenters. The van der Waals surface area contributed by atoms with Crippen LogP contribution in [0.3, 0.4) is 0 Å². The molecule has 0 bridgehead atoms. The summed E-state index contributed by atoms with van der Waals surface area (Å²) < 4.78 is 0. The van der Waals surface area contributed by atoms with Gasteiger partial charge in [-0.1, -0.05) is 11.6 Å². The van der Waals surface area contributed by atoms with E-state index in [1.807, 2.05) is 0 Å². The maximum Gasteiger partial charge on any atom is 0.241 e. The molecule has 6 nitrogen and oxygen atoms in total. The van der Waals surface area contributed by atoms with Crippen LogP contribution in [0.5, 0.6) is 0 Å². The molecule has 7 heteroatoms. The average molecular weight is 388 g/mol. The van der Waals surface area contributed by atoms with E-state index >= 15 is 0 Å². The summed E-state index contributed by atoms with van der Waals surface area (Å²) in [6, 6.07) is 12.9. The van der Waals surface area contributed by atoms with Gasteiger partial charge < -0.3 is 10.6 Å². The van der Waals surface area contributed by atoms with Crippen molar-refractivity contribution >= 4 is 40.6 Å². The molecule has 0 radical (unpaired) electrons. The predicted molar refractivity (Wildman–Crippen MR) is 107 cm³/mol. The minimum Gasteiger partial charge on any atom is -0.325 e. The highest BCUT2D eigenvalue weighted by molar-refractivity contribution is 6.30. The van der Waals surface area contributed by atoms with Crippen LogP contribution in [0.1, 0.15) is 24.2 Å². The largest absolute Gasteiger partial charge is 0.325 e. The number of carbonyl (C=O) groups is 3. The molecule has 2 aromatic carbocycles. The second-order valence-corrected chi connectivity index (χ2v) is 6.71. The van der Waals surface area contributed by atoms with Gasteiger partial charge in [0.15, 0.2) is 5.78 Å². The van der Waals surface area contributed by atoms with Crippen molar-refractivity contribution in [3.63, 3.8) is 0 Å². The lowest BCUT2D eigenvalue weighted by Gasteiger charge is -2.23. The number of hydrogen-bond acceptors (Lipinski definition) is 4. The number of carbonyl (C=O) groups excluding carboxylic acids is 3. The fourth-order valence-corrected chi connectivity index (χ4v) is 2.46. The highest BCUT2D eigenvalue weighted by atomic mass is 35.5. The standard InChI is InChI=1S/C20H22ClN3O3/c1-13(20(27)23-18-8-4-15(5-9-18)14(2)25)24(3)12-19(26)22-17-10-6-16(21)7-11-17/h4-11,13H,12H2,1-3H3,(H,22,26)(H,23,27)/t13-/m0/s1. The van der Waals surface area contributed by atoms with Crippen molar-refractivity contribution in [3.05, 3.63) is 59.1 Å². The Kier molecular flexibility index (Phi) is 7.10. The number of likely N-dealkylation sites (N-methyl/N-ethyl adjacent to an activating group) is 1. The lowest BCUT2D eigenvalue weighted by atomic mass is 10.1. The monoisotopic (exact) mass is 387 g/mol. The van der Waals surface area contributed by atoms with Crippen LogP contribution in [0.25, 0.3) is 0 Å². The number of nitrogens with one attached hydrogen (secondary N) is 2. The smallest absolute Gasteiger partial charge is 0.241 e. The molecule has 2 amide bonds. The Morgan fingerprint density at radius 3 is 2.04 bits per heavy atom. The molecule has 2 aromatic rings. The Balaban J connectivity index is 1.88. The number of hydrogen-bond donors (Lipinski definition) is 2. The second-order valence-electron chi connectivity index (χ2n) is 6.27. The number of ketones is 1. The van der Waals surface area contributed by atoms with Gasteiger partial charge in [-0.2, -0.15) is 0 Å². The molecule has 0 saturated heterocycles. The third-order valence-electron chi connectivity index (χ3n) is 4.12. The molecule has 142 valence electrons. The molecule has 0 heterocycles. The minimum atomic E-state index is -0.520.